The number of β-amino-alcohol motifs (C(OH)–C–C–N with tert-alkyl or cyclic N) is 1. The fraction of sp³-hybridized carbons (Fsp3) is 0.867. The lowest BCUT2D eigenvalue weighted by Gasteiger charge is -2.34. The first-order valence-electron chi connectivity index (χ1n) is 7.90. The van der Waals surface area contributed by atoms with E-state index in [-0.39, 0.29) is 11.5 Å². The van der Waals surface area contributed by atoms with Crippen LogP contribution in [0.5, 0.6) is 0 Å². The Balaban J connectivity index is 1.83. The second-order valence-electron chi connectivity index (χ2n) is 7.29. The first-order chi connectivity index (χ1) is 10.3. The predicted octanol–water partition coefficient (Wildman–Crippen LogP) is 0.880. The Morgan fingerprint density at radius 3 is 2.45 bits per heavy atom. The molecule has 0 aliphatic carbocycles. The Labute approximate surface area is 137 Å². The van der Waals surface area contributed by atoms with Gasteiger partial charge in [-0.15, -0.1) is 0 Å². The molecule has 1 unspecified atom stereocenters. The van der Waals surface area contributed by atoms with Gasteiger partial charge in [-0.25, -0.2) is 4.98 Å². The lowest BCUT2D eigenvalue weighted by Crippen LogP contribution is -2.48. The molecule has 126 valence electrons. The third-order valence-corrected chi connectivity index (χ3v) is 4.79. The van der Waals surface area contributed by atoms with Gasteiger partial charge >= 0.3 is 0 Å². The van der Waals surface area contributed by atoms with Crippen molar-refractivity contribution in [2.24, 2.45) is 0 Å². The van der Waals surface area contributed by atoms with Crippen molar-refractivity contribution in [3.05, 3.63) is 5.82 Å². The number of piperazine rings is 1. The Morgan fingerprint density at radius 2 is 1.91 bits per heavy atom. The highest BCUT2D eigenvalue weighted by Gasteiger charge is 2.22. The van der Waals surface area contributed by atoms with E-state index in [2.05, 4.69) is 47.0 Å². The summed E-state index contributed by atoms with van der Waals surface area (Å²) >= 11 is 1.41. The molecule has 1 aromatic heterocycles. The van der Waals surface area contributed by atoms with Crippen LogP contribution in [0.2, 0.25) is 0 Å². The number of anilines is 1. The van der Waals surface area contributed by atoms with Gasteiger partial charge in [0.05, 0.1) is 6.10 Å². The fourth-order valence-corrected chi connectivity index (χ4v) is 3.28. The van der Waals surface area contributed by atoms with Crippen molar-refractivity contribution >= 4 is 16.7 Å². The fourth-order valence-electron chi connectivity index (χ4n) is 2.46. The predicted molar refractivity (Wildman–Crippen MR) is 91.8 cm³/mol. The number of nitrogens with zero attached hydrogens (tertiary/aromatic N) is 5. The maximum atomic E-state index is 10.3. The quantitative estimate of drug-likeness (QED) is 0.866. The molecule has 0 bridgehead atoms. The van der Waals surface area contributed by atoms with Crippen LogP contribution in [-0.4, -0.2) is 83.7 Å². The molecule has 0 saturated carbocycles. The maximum Gasteiger partial charge on any atom is 0.205 e. The number of aliphatic hydroxyl groups is 1. The summed E-state index contributed by atoms with van der Waals surface area (Å²) in [6, 6.07) is 0. The third-order valence-electron chi connectivity index (χ3n) is 3.96. The van der Waals surface area contributed by atoms with Gasteiger partial charge in [-0.1, -0.05) is 20.8 Å². The van der Waals surface area contributed by atoms with Gasteiger partial charge in [-0.3, -0.25) is 4.90 Å². The van der Waals surface area contributed by atoms with Gasteiger partial charge in [0.25, 0.3) is 0 Å². The molecule has 1 aliphatic rings. The number of aromatic nitrogens is 2. The summed E-state index contributed by atoms with van der Waals surface area (Å²) in [5, 5.41) is 11.2. The summed E-state index contributed by atoms with van der Waals surface area (Å²) in [5.74, 6) is 0.868. The van der Waals surface area contributed by atoms with Gasteiger partial charge in [0.1, 0.15) is 5.82 Å². The van der Waals surface area contributed by atoms with E-state index in [1.807, 2.05) is 11.9 Å². The first kappa shape index (κ1) is 17.6. The van der Waals surface area contributed by atoms with Gasteiger partial charge in [-0.05, 0) is 7.05 Å². The summed E-state index contributed by atoms with van der Waals surface area (Å²) in [4.78, 5) is 11.3. The van der Waals surface area contributed by atoms with Crippen LogP contribution in [0.4, 0.5) is 5.13 Å². The number of rotatable bonds is 5. The Morgan fingerprint density at radius 1 is 1.27 bits per heavy atom. The van der Waals surface area contributed by atoms with E-state index in [0.29, 0.717) is 6.54 Å². The molecule has 0 aromatic carbocycles. The minimum absolute atomic E-state index is 0.0337. The van der Waals surface area contributed by atoms with Gasteiger partial charge in [0.2, 0.25) is 5.13 Å². The van der Waals surface area contributed by atoms with Crippen LogP contribution in [0.1, 0.15) is 26.6 Å². The first-order valence-corrected chi connectivity index (χ1v) is 8.67. The Bertz CT molecular complexity index is 465. The van der Waals surface area contributed by atoms with Crippen molar-refractivity contribution < 1.29 is 5.11 Å². The van der Waals surface area contributed by atoms with E-state index in [1.54, 1.807) is 0 Å². The molecule has 1 saturated heterocycles. The molecular formula is C15H29N5OS. The van der Waals surface area contributed by atoms with E-state index in [1.165, 1.54) is 11.5 Å². The molecule has 0 radical (unpaired) electrons. The molecule has 7 heteroatoms. The van der Waals surface area contributed by atoms with Crippen molar-refractivity contribution in [1.82, 2.24) is 19.2 Å². The monoisotopic (exact) mass is 327 g/mol. The minimum atomic E-state index is -0.365. The summed E-state index contributed by atoms with van der Waals surface area (Å²) in [6.45, 7) is 11.9. The molecule has 1 atom stereocenters. The molecule has 1 fully saturated rings. The molecule has 1 aliphatic heterocycles. The van der Waals surface area contributed by atoms with E-state index in [0.717, 1.165) is 43.7 Å². The SMILES string of the molecule is CN1CCN(CC(O)CN(C)c2nc(C(C)(C)C)ns2)CC1. The van der Waals surface area contributed by atoms with Gasteiger partial charge < -0.3 is 14.9 Å². The zero-order valence-corrected chi connectivity index (χ0v) is 15.2. The molecule has 1 aromatic rings. The van der Waals surface area contributed by atoms with E-state index in [9.17, 15) is 5.11 Å². The standard InChI is InChI=1S/C15H29N5OS/c1-15(2,3)13-16-14(22-17-13)19(5)10-12(21)11-20-8-6-18(4)7-9-20/h12,21H,6-11H2,1-5H3. The highest BCUT2D eigenvalue weighted by molar-refractivity contribution is 7.09. The zero-order valence-electron chi connectivity index (χ0n) is 14.4. The van der Waals surface area contributed by atoms with Crippen molar-refractivity contribution in [3.8, 4) is 0 Å². The summed E-state index contributed by atoms with van der Waals surface area (Å²) in [6.07, 6.45) is -0.365. The van der Waals surface area contributed by atoms with Crippen LogP contribution < -0.4 is 4.90 Å². The normalized spacial score (nSPS) is 19.4. The number of hydrogen-bond donors (Lipinski definition) is 1. The average molecular weight is 327 g/mol. The second kappa shape index (κ2) is 7.21. The second-order valence-corrected chi connectivity index (χ2v) is 8.02. The van der Waals surface area contributed by atoms with E-state index in [4.69, 9.17) is 0 Å². The average Bonchev–Trinajstić information content (AvgIpc) is 2.91. The number of likely N-dealkylation sites (N-methyl/N-ethyl adjacent to an activating group) is 2. The van der Waals surface area contributed by atoms with Crippen molar-refractivity contribution in [2.75, 3.05) is 58.3 Å². The molecule has 0 amide bonds. The van der Waals surface area contributed by atoms with Gasteiger partial charge in [0.15, 0.2) is 0 Å². The van der Waals surface area contributed by atoms with Crippen LogP contribution in [0, 0.1) is 0 Å². The molecule has 2 rings (SSSR count). The smallest absolute Gasteiger partial charge is 0.205 e. The zero-order chi connectivity index (χ0) is 16.3. The van der Waals surface area contributed by atoms with E-state index >= 15 is 0 Å². The van der Waals surface area contributed by atoms with Gasteiger partial charge in [-0.2, -0.15) is 4.37 Å². The summed E-state index contributed by atoms with van der Waals surface area (Å²) in [5.41, 5.74) is -0.0337. The van der Waals surface area contributed by atoms with Crippen molar-refractivity contribution in [2.45, 2.75) is 32.3 Å². The molecule has 22 heavy (non-hydrogen) atoms. The highest BCUT2D eigenvalue weighted by Crippen LogP contribution is 2.24. The third kappa shape index (κ3) is 4.87. The molecular weight excluding hydrogens is 298 g/mol. The van der Waals surface area contributed by atoms with E-state index < -0.39 is 0 Å². The highest BCUT2D eigenvalue weighted by atomic mass is 32.1. The molecule has 1 N–H and O–H groups in total. The maximum absolute atomic E-state index is 10.3. The van der Waals surface area contributed by atoms with Crippen molar-refractivity contribution in [1.29, 1.82) is 0 Å². The summed E-state index contributed by atoms with van der Waals surface area (Å²) in [7, 11) is 4.12. The number of aliphatic hydroxyl groups excluding tert-OH is 1. The largest absolute Gasteiger partial charge is 0.390 e. The Kier molecular flexibility index (Phi) is 5.76. The molecule has 6 nitrogen and oxygen atoms in total. The lowest BCUT2D eigenvalue weighted by atomic mass is 9.96. The molecule has 2 heterocycles. The van der Waals surface area contributed by atoms with Crippen molar-refractivity contribution in [3.63, 3.8) is 0 Å². The Hall–Kier alpha value is -0.760. The molecule has 0 spiro atoms. The van der Waals surface area contributed by atoms with Gasteiger partial charge in [0, 0.05) is 63.3 Å². The van der Waals surface area contributed by atoms with Crippen LogP contribution in [0.15, 0.2) is 0 Å². The van der Waals surface area contributed by atoms with Crippen LogP contribution in [-0.2, 0) is 5.41 Å². The topological polar surface area (TPSA) is 55.7 Å². The summed E-state index contributed by atoms with van der Waals surface area (Å²) < 4.78 is 4.43. The van der Waals surface area contributed by atoms with Crippen LogP contribution in [0.25, 0.3) is 0 Å². The van der Waals surface area contributed by atoms with Crippen LogP contribution in [0.3, 0.4) is 0 Å². The van der Waals surface area contributed by atoms with Crippen LogP contribution >= 0.6 is 11.5 Å². The number of hydrogen-bond acceptors (Lipinski definition) is 7. The lowest BCUT2D eigenvalue weighted by molar-refractivity contribution is 0.0843. The minimum Gasteiger partial charge on any atom is -0.390 e.